The first-order valence-electron chi connectivity index (χ1n) is 7.89. The van der Waals surface area contributed by atoms with E-state index in [0.29, 0.717) is 49.5 Å². The summed E-state index contributed by atoms with van der Waals surface area (Å²) in [4.78, 5) is 26.2. The van der Waals surface area contributed by atoms with Crippen LogP contribution in [0.1, 0.15) is 30.1 Å². The van der Waals surface area contributed by atoms with Crippen LogP contribution in [-0.2, 0) is 4.79 Å². The number of carbonyl (C=O) groups is 2. The molecule has 1 fully saturated rings. The number of likely N-dealkylation sites (tertiary alicyclic amines) is 1. The summed E-state index contributed by atoms with van der Waals surface area (Å²) < 4.78 is 10.4. The fourth-order valence-corrected chi connectivity index (χ4v) is 2.82. The predicted molar refractivity (Wildman–Crippen MR) is 86.9 cm³/mol. The van der Waals surface area contributed by atoms with Crippen molar-refractivity contribution in [2.24, 2.45) is 5.92 Å². The third-order valence-corrected chi connectivity index (χ3v) is 4.13. The molecule has 1 aliphatic heterocycles. The van der Waals surface area contributed by atoms with E-state index in [2.05, 4.69) is 5.32 Å². The normalized spacial score (nSPS) is 15.2. The summed E-state index contributed by atoms with van der Waals surface area (Å²) in [6.07, 6.45) is 1.40. The smallest absolute Gasteiger partial charge is 0.253 e. The maximum atomic E-state index is 12.6. The molecule has 0 unspecified atom stereocenters. The van der Waals surface area contributed by atoms with E-state index >= 15 is 0 Å². The first-order chi connectivity index (χ1) is 11.1. The Hall–Kier alpha value is -2.24. The molecule has 1 aromatic carbocycles. The average molecular weight is 320 g/mol. The van der Waals surface area contributed by atoms with Crippen molar-refractivity contribution in [3.63, 3.8) is 0 Å². The topological polar surface area (TPSA) is 67.9 Å². The minimum absolute atomic E-state index is 0.00408. The van der Waals surface area contributed by atoms with E-state index in [9.17, 15) is 9.59 Å². The number of carbonyl (C=O) groups excluding carboxylic acids is 2. The Balaban J connectivity index is 2.01. The Kier molecular flexibility index (Phi) is 5.84. The Morgan fingerprint density at radius 3 is 2.39 bits per heavy atom. The Labute approximate surface area is 136 Å². The van der Waals surface area contributed by atoms with E-state index in [-0.39, 0.29) is 17.7 Å². The van der Waals surface area contributed by atoms with Gasteiger partial charge in [0.15, 0.2) is 11.5 Å². The molecule has 1 aliphatic rings. The monoisotopic (exact) mass is 320 g/mol. The molecule has 0 aromatic heterocycles. The fourth-order valence-electron chi connectivity index (χ4n) is 2.82. The van der Waals surface area contributed by atoms with E-state index in [1.54, 1.807) is 37.3 Å². The molecule has 0 radical (unpaired) electrons. The van der Waals surface area contributed by atoms with Gasteiger partial charge in [0.05, 0.1) is 14.2 Å². The van der Waals surface area contributed by atoms with Crippen molar-refractivity contribution in [1.29, 1.82) is 0 Å². The quantitative estimate of drug-likeness (QED) is 0.896. The van der Waals surface area contributed by atoms with Gasteiger partial charge >= 0.3 is 0 Å². The lowest BCUT2D eigenvalue weighted by Crippen LogP contribution is -2.43. The van der Waals surface area contributed by atoms with Crippen molar-refractivity contribution >= 4 is 11.8 Å². The van der Waals surface area contributed by atoms with Crippen LogP contribution >= 0.6 is 0 Å². The van der Waals surface area contributed by atoms with Gasteiger partial charge in [-0.3, -0.25) is 9.59 Å². The van der Waals surface area contributed by atoms with Crippen LogP contribution in [0, 0.1) is 5.92 Å². The van der Waals surface area contributed by atoms with E-state index in [1.807, 2.05) is 6.92 Å². The molecule has 6 nitrogen and oxygen atoms in total. The van der Waals surface area contributed by atoms with Crippen LogP contribution in [-0.4, -0.2) is 50.6 Å². The lowest BCUT2D eigenvalue weighted by molar-refractivity contribution is -0.126. The number of methoxy groups -OCH3 is 2. The van der Waals surface area contributed by atoms with Crippen LogP contribution < -0.4 is 14.8 Å². The summed E-state index contributed by atoms with van der Waals surface area (Å²) in [5, 5.41) is 2.85. The highest BCUT2D eigenvalue weighted by atomic mass is 16.5. The molecule has 1 N–H and O–H groups in total. The minimum atomic E-state index is -0.0414. The Bertz CT molecular complexity index is 566. The molecule has 0 spiro atoms. The fraction of sp³-hybridized carbons (Fsp3) is 0.529. The third-order valence-electron chi connectivity index (χ3n) is 4.13. The van der Waals surface area contributed by atoms with Crippen LogP contribution in [0.4, 0.5) is 0 Å². The molecule has 0 atom stereocenters. The summed E-state index contributed by atoms with van der Waals surface area (Å²) in [6, 6.07) is 5.16. The lowest BCUT2D eigenvalue weighted by Gasteiger charge is -2.31. The number of hydrogen-bond donors (Lipinski definition) is 1. The summed E-state index contributed by atoms with van der Waals surface area (Å²) >= 11 is 0. The van der Waals surface area contributed by atoms with Crippen molar-refractivity contribution in [3.8, 4) is 11.5 Å². The summed E-state index contributed by atoms with van der Waals surface area (Å²) in [7, 11) is 3.11. The zero-order chi connectivity index (χ0) is 16.8. The van der Waals surface area contributed by atoms with Crippen LogP contribution in [0.5, 0.6) is 11.5 Å². The number of benzene rings is 1. The van der Waals surface area contributed by atoms with Gasteiger partial charge in [0.2, 0.25) is 5.91 Å². The highest BCUT2D eigenvalue weighted by Gasteiger charge is 2.27. The number of piperidine rings is 1. The predicted octanol–water partition coefficient (Wildman–Crippen LogP) is 1.69. The number of hydrogen-bond acceptors (Lipinski definition) is 4. The Morgan fingerprint density at radius 2 is 1.83 bits per heavy atom. The summed E-state index contributed by atoms with van der Waals surface area (Å²) in [6.45, 7) is 3.74. The molecule has 1 heterocycles. The van der Waals surface area contributed by atoms with E-state index in [1.165, 1.54) is 0 Å². The highest BCUT2D eigenvalue weighted by Crippen LogP contribution is 2.28. The van der Waals surface area contributed by atoms with Crippen LogP contribution in [0.2, 0.25) is 0 Å². The van der Waals surface area contributed by atoms with E-state index in [0.717, 1.165) is 0 Å². The van der Waals surface area contributed by atoms with Crippen molar-refractivity contribution in [2.45, 2.75) is 19.8 Å². The van der Waals surface area contributed by atoms with Crippen molar-refractivity contribution in [2.75, 3.05) is 33.9 Å². The third kappa shape index (κ3) is 3.94. The number of ether oxygens (including phenoxy) is 2. The van der Waals surface area contributed by atoms with Gasteiger partial charge in [-0.05, 0) is 38.0 Å². The van der Waals surface area contributed by atoms with Crippen LogP contribution in [0.25, 0.3) is 0 Å². The second-order valence-corrected chi connectivity index (χ2v) is 5.53. The first kappa shape index (κ1) is 17.1. The van der Waals surface area contributed by atoms with Gasteiger partial charge < -0.3 is 19.7 Å². The lowest BCUT2D eigenvalue weighted by atomic mass is 9.95. The van der Waals surface area contributed by atoms with Gasteiger partial charge in [0, 0.05) is 31.1 Å². The Morgan fingerprint density at radius 1 is 1.17 bits per heavy atom. The van der Waals surface area contributed by atoms with Gasteiger partial charge in [-0.2, -0.15) is 0 Å². The number of amides is 2. The second-order valence-electron chi connectivity index (χ2n) is 5.53. The van der Waals surface area contributed by atoms with Gasteiger partial charge in [-0.15, -0.1) is 0 Å². The zero-order valence-electron chi connectivity index (χ0n) is 13.9. The van der Waals surface area contributed by atoms with E-state index < -0.39 is 0 Å². The van der Waals surface area contributed by atoms with E-state index in [4.69, 9.17) is 9.47 Å². The SMILES string of the molecule is CCNC(=O)C1CCN(C(=O)c2ccc(OC)c(OC)c2)CC1. The standard InChI is InChI=1S/C17H24N2O4/c1-4-18-16(20)12-7-9-19(10-8-12)17(21)13-5-6-14(22-2)15(11-13)23-3/h5-6,11-12H,4,7-10H2,1-3H3,(H,18,20). The van der Waals surface area contributed by atoms with Gasteiger partial charge in [0.25, 0.3) is 5.91 Å². The van der Waals surface area contributed by atoms with Crippen LogP contribution in [0.15, 0.2) is 18.2 Å². The molecule has 1 saturated heterocycles. The summed E-state index contributed by atoms with van der Waals surface area (Å²) in [5.74, 6) is 1.19. The number of rotatable bonds is 5. The van der Waals surface area contributed by atoms with Crippen molar-refractivity contribution in [3.05, 3.63) is 23.8 Å². The number of nitrogens with zero attached hydrogens (tertiary/aromatic N) is 1. The molecule has 2 amide bonds. The highest BCUT2D eigenvalue weighted by molar-refractivity contribution is 5.95. The molecule has 0 bridgehead atoms. The van der Waals surface area contributed by atoms with Crippen molar-refractivity contribution in [1.82, 2.24) is 10.2 Å². The number of nitrogens with one attached hydrogen (secondary N) is 1. The minimum Gasteiger partial charge on any atom is -0.493 e. The average Bonchev–Trinajstić information content (AvgIpc) is 2.60. The molecule has 6 heteroatoms. The molecule has 0 saturated carbocycles. The molecule has 23 heavy (non-hydrogen) atoms. The summed E-state index contributed by atoms with van der Waals surface area (Å²) in [5.41, 5.74) is 0.569. The molecule has 2 rings (SSSR count). The van der Waals surface area contributed by atoms with Gasteiger partial charge in [-0.25, -0.2) is 0 Å². The van der Waals surface area contributed by atoms with Crippen molar-refractivity contribution < 1.29 is 19.1 Å². The van der Waals surface area contributed by atoms with Gasteiger partial charge in [0.1, 0.15) is 0 Å². The second kappa shape index (κ2) is 7.85. The molecular formula is C17H24N2O4. The molecule has 1 aromatic rings. The van der Waals surface area contributed by atoms with Gasteiger partial charge in [-0.1, -0.05) is 0 Å². The van der Waals surface area contributed by atoms with Crippen LogP contribution in [0.3, 0.4) is 0 Å². The molecular weight excluding hydrogens is 296 g/mol. The largest absolute Gasteiger partial charge is 0.493 e. The molecule has 126 valence electrons. The maximum Gasteiger partial charge on any atom is 0.253 e. The zero-order valence-corrected chi connectivity index (χ0v) is 13.9. The first-order valence-corrected chi connectivity index (χ1v) is 7.89. The maximum absolute atomic E-state index is 12.6. The molecule has 0 aliphatic carbocycles.